The van der Waals surface area contributed by atoms with E-state index in [0.29, 0.717) is 5.56 Å². The number of pyridine rings is 1. The van der Waals surface area contributed by atoms with Gasteiger partial charge < -0.3 is 10.6 Å². The average Bonchev–Trinajstić information content (AvgIpc) is 3.16. The lowest BCUT2D eigenvalue weighted by molar-refractivity contribution is 0.102. The van der Waals surface area contributed by atoms with Crippen LogP contribution >= 0.6 is 11.3 Å². The maximum Gasteiger partial charge on any atom is 0.257 e. The highest BCUT2D eigenvalue weighted by molar-refractivity contribution is 7.13. The van der Waals surface area contributed by atoms with Crippen LogP contribution in [0.3, 0.4) is 0 Å². The fourth-order valence-electron chi connectivity index (χ4n) is 2.90. The molecular weight excluding hydrogens is 318 g/mol. The molecule has 1 aliphatic heterocycles. The molecule has 120 valence electrons. The number of nitrogens with one attached hydrogen (secondary N) is 2. The molecule has 3 heterocycles. The summed E-state index contributed by atoms with van der Waals surface area (Å²) in [6.07, 6.45) is 2.57. The number of fused-ring (bicyclic) bond motifs is 1. The minimum absolute atomic E-state index is 0.118. The Morgan fingerprint density at radius 1 is 1.21 bits per heavy atom. The van der Waals surface area contributed by atoms with Crippen LogP contribution in [0.4, 0.5) is 5.69 Å². The molecular formula is C19H17N3OS. The van der Waals surface area contributed by atoms with E-state index in [1.807, 2.05) is 41.8 Å². The zero-order chi connectivity index (χ0) is 16.4. The molecule has 0 saturated heterocycles. The Morgan fingerprint density at radius 2 is 2.12 bits per heavy atom. The molecule has 2 N–H and O–H groups in total. The number of anilines is 1. The zero-order valence-electron chi connectivity index (χ0n) is 13.1. The van der Waals surface area contributed by atoms with E-state index >= 15 is 0 Å². The number of hydrogen-bond acceptors (Lipinski definition) is 4. The summed E-state index contributed by atoms with van der Waals surface area (Å²) in [4.78, 5) is 18.2. The van der Waals surface area contributed by atoms with E-state index in [0.717, 1.165) is 46.9 Å². The number of hydrogen-bond donors (Lipinski definition) is 2. The first kappa shape index (κ1) is 15.1. The summed E-state index contributed by atoms with van der Waals surface area (Å²) in [5, 5.41) is 8.36. The van der Waals surface area contributed by atoms with Crippen molar-refractivity contribution in [3.63, 3.8) is 0 Å². The molecule has 1 aromatic carbocycles. The first-order valence-corrected chi connectivity index (χ1v) is 8.82. The topological polar surface area (TPSA) is 54.0 Å². The van der Waals surface area contributed by atoms with Gasteiger partial charge in [0, 0.05) is 28.9 Å². The van der Waals surface area contributed by atoms with Crippen LogP contribution in [0.2, 0.25) is 0 Å². The highest BCUT2D eigenvalue weighted by Crippen LogP contribution is 2.31. The lowest BCUT2D eigenvalue weighted by atomic mass is 10.0. The summed E-state index contributed by atoms with van der Waals surface area (Å²) in [5.41, 5.74) is 4.67. The second-order valence-corrected chi connectivity index (χ2v) is 6.68. The standard InChI is InChI=1S/C19H17N3OS/c23-19(14-10-13-7-8-20-12-17(13)21-11-14)22-16-5-2-1-4-15(16)18-6-3-9-24-18/h1-6,9-11,20H,7-8,12H2,(H,22,23). The van der Waals surface area contributed by atoms with Crippen molar-refractivity contribution in [3.8, 4) is 10.4 Å². The van der Waals surface area contributed by atoms with Crippen molar-refractivity contribution in [2.24, 2.45) is 0 Å². The summed E-state index contributed by atoms with van der Waals surface area (Å²) >= 11 is 1.66. The van der Waals surface area contributed by atoms with Crippen LogP contribution in [0.1, 0.15) is 21.6 Å². The molecule has 4 nitrogen and oxygen atoms in total. The number of amides is 1. The Labute approximate surface area is 144 Å². The Hall–Kier alpha value is -2.50. The summed E-state index contributed by atoms with van der Waals surface area (Å²) < 4.78 is 0. The molecule has 3 aromatic rings. The van der Waals surface area contributed by atoms with Gasteiger partial charge in [0.1, 0.15) is 0 Å². The third-order valence-corrected chi connectivity index (χ3v) is 5.05. The predicted molar refractivity (Wildman–Crippen MR) is 97.4 cm³/mol. The zero-order valence-corrected chi connectivity index (χ0v) is 13.9. The second-order valence-electron chi connectivity index (χ2n) is 5.73. The number of para-hydroxylation sites is 1. The van der Waals surface area contributed by atoms with Gasteiger partial charge in [-0.1, -0.05) is 24.3 Å². The van der Waals surface area contributed by atoms with Gasteiger partial charge in [0.25, 0.3) is 5.91 Å². The third kappa shape index (κ3) is 2.96. The molecule has 0 saturated carbocycles. The maximum atomic E-state index is 12.7. The summed E-state index contributed by atoms with van der Waals surface area (Å²) in [7, 11) is 0. The molecule has 5 heteroatoms. The fraction of sp³-hybridized carbons (Fsp3) is 0.158. The molecule has 0 fully saturated rings. The van der Waals surface area contributed by atoms with Crippen molar-refractivity contribution in [1.29, 1.82) is 0 Å². The largest absolute Gasteiger partial charge is 0.321 e. The number of benzene rings is 1. The van der Waals surface area contributed by atoms with Crippen molar-refractivity contribution in [2.45, 2.75) is 13.0 Å². The first-order valence-electron chi connectivity index (χ1n) is 7.94. The highest BCUT2D eigenvalue weighted by atomic mass is 32.1. The third-order valence-electron chi connectivity index (χ3n) is 4.15. The highest BCUT2D eigenvalue weighted by Gasteiger charge is 2.15. The SMILES string of the molecule is O=C(Nc1ccccc1-c1cccs1)c1cnc2c(c1)CCNC2. The van der Waals surface area contributed by atoms with Crippen LogP contribution in [0.15, 0.2) is 54.0 Å². The molecule has 2 aromatic heterocycles. The number of thiophene rings is 1. The number of aromatic nitrogens is 1. The van der Waals surface area contributed by atoms with Crippen molar-refractivity contribution < 1.29 is 4.79 Å². The van der Waals surface area contributed by atoms with E-state index in [4.69, 9.17) is 0 Å². The number of nitrogens with zero attached hydrogens (tertiary/aromatic N) is 1. The molecule has 0 unspecified atom stereocenters. The molecule has 1 amide bonds. The van der Waals surface area contributed by atoms with Crippen LogP contribution in [-0.4, -0.2) is 17.4 Å². The molecule has 0 aliphatic carbocycles. The van der Waals surface area contributed by atoms with Gasteiger partial charge in [-0.15, -0.1) is 11.3 Å². The van der Waals surface area contributed by atoms with Crippen LogP contribution < -0.4 is 10.6 Å². The smallest absolute Gasteiger partial charge is 0.257 e. The number of rotatable bonds is 3. The monoisotopic (exact) mass is 335 g/mol. The van der Waals surface area contributed by atoms with E-state index in [1.54, 1.807) is 17.5 Å². The van der Waals surface area contributed by atoms with Gasteiger partial charge in [-0.25, -0.2) is 0 Å². The predicted octanol–water partition coefficient (Wildman–Crippen LogP) is 3.71. The van der Waals surface area contributed by atoms with Gasteiger partial charge in [0.2, 0.25) is 0 Å². The minimum atomic E-state index is -0.118. The van der Waals surface area contributed by atoms with Gasteiger partial charge in [-0.2, -0.15) is 0 Å². The normalized spacial score (nSPS) is 13.3. The van der Waals surface area contributed by atoms with E-state index in [-0.39, 0.29) is 5.91 Å². The molecule has 1 aliphatic rings. The van der Waals surface area contributed by atoms with Crippen LogP contribution in [0, 0.1) is 0 Å². The fourth-order valence-corrected chi connectivity index (χ4v) is 3.67. The second kappa shape index (κ2) is 6.55. The van der Waals surface area contributed by atoms with E-state index < -0.39 is 0 Å². The number of carbonyl (C=O) groups is 1. The summed E-state index contributed by atoms with van der Waals surface area (Å²) in [6.45, 7) is 1.71. The summed E-state index contributed by atoms with van der Waals surface area (Å²) in [6, 6.07) is 13.9. The van der Waals surface area contributed by atoms with Crippen LogP contribution in [0.5, 0.6) is 0 Å². The number of carbonyl (C=O) groups excluding carboxylic acids is 1. The molecule has 0 atom stereocenters. The van der Waals surface area contributed by atoms with Crippen molar-refractivity contribution >= 4 is 22.9 Å². The quantitative estimate of drug-likeness (QED) is 0.767. The van der Waals surface area contributed by atoms with Gasteiger partial charge in [-0.05, 0) is 42.1 Å². The molecule has 24 heavy (non-hydrogen) atoms. The van der Waals surface area contributed by atoms with Gasteiger partial charge >= 0.3 is 0 Å². The van der Waals surface area contributed by atoms with E-state index in [2.05, 4.69) is 21.7 Å². The van der Waals surface area contributed by atoms with Crippen LogP contribution in [0.25, 0.3) is 10.4 Å². The van der Waals surface area contributed by atoms with Gasteiger partial charge in [0.05, 0.1) is 11.3 Å². The Kier molecular flexibility index (Phi) is 4.11. The molecule has 0 bridgehead atoms. The average molecular weight is 335 g/mol. The Morgan fingerprint density at radius 3 is 3.00 bits per heavy atom. The van der Waals surface area contributed by atoms with E-state index in [1.165, 1.54) is 0 Å². The Balaban J connectivity index is 1.61. The molecule has 0 radical (unpaired) electrons. The van der Waals surface area contributed by atoms with Crippen molar-refractivity contribution in [2.75, 3.05) is 11.9 Å². The van der Waals surface area contributed by atoms with Crippen LogP contribution in [-0.2, 0) is 13.0 Å². The van der Waals surface area contributed by atoms with Gasteiger partial charge in [-0.3, -0.25) is 9.78 Å². The van der Waals surface area contributed by atoms with Crippen molar-refractivity contribution in [1.82, 2.24) is 10.3 Å². The van der Waals surface area contributed by atoms with E-state index in [9.17, 15) is 4.79 Å². The summed E-state index contributed by atoms with van der Waals surface area (Å²) in [5.74, 6) is -0.118. The lowest BCUT2D eigenvalue weighted by Gasteiger charge is -2.17. The molecule has 0 spiro atoms. The Bertz CT molecular complexity index is 874. The molecule has 4 rings (SSSR count). The van der Waals surface area contributed by atoms with Crippen molar-refractivity contribution in [3.05, 3.63) is 70.9 Å². The maximum absolute atomic E-state index is 12.7. The lowest BCUT2D eigenvalue weighted by Crippen LogP contribution is -2.25. The van der Waals surface area contributed by atoms with Gasteiger partial charge in [0.15, 0.2) is 0 Å². The first-order chi connectivity index (χ1) is 11.8. The minimum Gasteiger partial charge on any atom is -0.321 e.